The average Bonchev–Trinajstić information content (AvgIpc) is 3.29. The summed E-state index contributed by atoms with van der Waals surface area (Å²) in [4.78, 5) is 27.2. The van der Waals surface area contributed by atoms with E-state index in [2.05, 4.69) is 32.5 Å². The van der Waals surface area contributed by atoms with Crippen molar-refractivity contribution in [2.75, 3.05) is 23.3 Å². The van der Waals surface area contributed by atoms with Crippen LogP contribution in [0.5, 0.6) is 0 Å². The van der Waals surface area contributed by atoms with Crippen LogP contribution in [0, 0.1) is 0 Å². The molecule has 0 spiro atoms. The van der Waals surface area contributed by atoms with Gasteiger partial charge in [-0.3, -0.25) is 14.7 Å². The second kappa shape index (κ2) is 6.88. The SMILES string of the molecule is CC(=O)Nc1cccc2c1C(=O)c1c-2n[nH]c1-c1ccc(N2CCCCC2)cc1. The third kappa shape index (κ3) is 2.92. The number of aromatic nitrogens is 2. The third-order valence-corrected chi connectivity index (χ3v) is 5.73. The minimum Gasteiger partial charge on any atom is -0.372 e. The van der Waals surface area contributed by atoms with E-state index in [4.69, 9.17) is 0 Å². The molecule has 0 unspecified atom stereocenters. The largest absolute Gasteiger partial charge is 0.372 e. The van der Waals surface area contributed by atoms with Gasteiger partial charge in [-0.25, -0.2) is 0 Å². The molecule has 5 rings (SSSR count). The fourth-order valence-electron chi connectivity index (χ4n) is 4.37. The zero-order valence-electron chi connectivity index (χ0n) is 16.3. The lowest BCUT2D eigenvalue weighted by Gasteiger charge is -2.28. The first-order valence-electron chi connectivity index (χ1n) is 10.0. The maximum absolute atomic E-state index is 13.2. The zero-order valence-corrected chi connectivity index (χ0v) is 16.3. The van der Waals surface area contributed by atoms with Crippen LogP contribution in [0.25, 0.3) is 22.5 Å². The Bertz CT molecular complexity index is 1110. The maximum Gasteiger partial charge on any atom is 0.221 e. The second-order valence-corrected chi connectivity index (χ2v) is 7.66. The van der Waals surface area contributed by atoms with E-state index in [1.165, 1.54) is 31.9 Å². The number of nitrogens with one attached hydrogen (secondary N) is 2. The molecule has 2 N–H and O–H groups in total. The van der Waals surface area contributed by atoms with Crippen LogP contribution in [0.3, 0.4) is 0 Å². The predicted octanol–water partition coefficient (Wildman–Crippen LogP) is 4.24. The monoisotopic (exact) mass is 386 g/mol. The molecule has 0 saturated carbocycles. The number of aromatic amines is 1. The first-order chi connectivity index (χ1) is 14.1. The van der Waals surface area contributed by atoms with Gasteiger partial charge in [0.2, 0.25) is 5.91 Å². The number of piperidine rings is 1. The Kier molecular flexibility index (Phi) is 4.19. The molecular weight excluding hydrogens is 364 g/mol. The van der Waals surface area contributed by atoms with E-state index >= 15 is 0 Å². The molecule has 2 heterocycles. The highest BCUT2D eigenvalue weighted by atomic mass is 16.1. The second-order valence-electron chi connectivity index (χ2n) is 7.66. The number of hydrogen-bond acceptors (Lipinski definition) is 4. The molecule has 1 aliphatic heterocycles. The van der Waals surface area contributed by atoms with E-state index in [9.17, 15) is 9.59 Å². The quantitative estimate of drug-likeness (QED) is 0.552. The Hall–Kier alpha value is -3.41. The van der Waals surface area contributed by atoms with E-state index < -0.39 is 0 Å². The summed E-state index contributed by atoms with van der Waals surface area (Å²) < 4.78 is 0. The standard InChI is InChI=1S/C23H22N4O2/c1-14(28)24-18-7-5-6-17-19(18)23(29)20-21(25-26-22(17)20)15-8-10-16(11-9-15)27-12-3-2-4-13-27/h5-11H,2-4,12-13H2,1H3,(H,24,28)(H,25,26). The van der Waals surface area contributed by atoms with Crippen LogP contribution in [0.2, 0.25) is 0 Å². The molecule has 6 nitrogen and oxygen atoms in total. The molecule has 29 heavy (non-hydrogen) atoms. The van der Waals surface area contributed by atoms with Gasteiger partial charge in [-0.1, -0.05) is 24.3 Å². The predicted molar refractivity (Wildman–Crippen MR) is 113 cm³/mol. The van der Waals surface area contributed by atoms with Gasteiger partial charge in [0.15, 0.2) is 5.78 Å². The van der Waals surface area contributed by atoms with Gasteiger partial charge >= 0.3 is 0 Å². The highest BCUT2D eigenvalue weighted by Crippen LogP contribution is 2.43. The lowest BCUT2D eigenvalue weighted by molar-refractivity contribution is -0.114. The summed E-state index contributed by atoms with van der Waals surface area (Å²) in [5, 5.41) is 10.2. The van der Waals surface area contributed by atoms with Gasteiger partial charge in [-0.2, -0.15) is 5.10 Å². The number of anilines is 2. The van der Waals surface area contributed by atoms with Gasteiger partial charge in [0.1, 0.15) is 5.69 Å². The van der Waals surface area contributed by atoms with Crippen molar-refractivity contribution in [2.45, 2.75) is 26.2 Å². The lowest BCUT2D eigenvalue weighted by Crippen LogP contribution is -2.29. The van der Waals surface area contributed by atoms with Gasteiger partial charge < -0.3 is 10.2 Å². The summed E-state index contributed by atoms with van der Waals surface area (Å²) in [6.07, 6.45) is 3.77. The smallest absolute Gasteiger partial charge is 0.221 e. The lowest BCUT2D eigenvalue weighted by atomic mass is 10.0. The van der Waals surface area contributed by atoms with Gasteiger partial charge in [0.25, 0.3) is 0 Å². The van der Waals surface area contributed by atoms with Crippen molar-refractivity contribution in [3.05, 3.63) is 53.6 Å². The number of fused-ring (bicyclic) bond motifs is 3. The molecule has 0 radical (unpaired) electrons. The molecule has 146 valence electrons. The Morgan fingerprint density at radius 3 is 2.52 bits per heavy atom. The first-order valence-corrected chi connectivity index (χ1v) is 10.0. The maximum atomic E-state index is 13.2. The fourth-order valence-corrected chi connectivity index (χ4v) is 4.37. The Balaban J connectivity index is 1.51. The topological polar surface area (TPSA) is 78.1 Å². The molecular formula is C23H22N4O2. The zero-order chi connectivity index (χ0) is 20.0. The van der Waals surface area contributed by atoms with E-state index in [1.807, 2.05) is 24.3 Å². The van der Waals surface area contributed by atoms with E-state index in [-0.39, 0.29) is 11.7 Å². The van der Waals surface area contributed by atoms with Gasteiger partial charge in [-0.15, -0.1) is 0 Å². The van der Waals surface area contributed by atoms with Crippen molar-refractivity contribution in [3.8, 4) is 22.5 Å². The molecule has 2 aromatic carbocycles. The summed E-state index contributed by atoms with van der Waals surface area (Å²) in [6.45, 7) is 3.63. The van der Waals surface area contributed by atoms with Crippen LogP contribution in [0.1, 0.15) is 42.1 Å². The number of H-pyrrole nitrogens is 1. The molecule has 0 bridgehead atoms. The summed E-state index contributed by atoms with van der Waals surface area (Å²) in [6, 6.07) is 13.8. The minimum atomic E-state index is -0.203. The van der Waals surface area contributed by atoms with Crippen molar-refractivity contribution in [2.24, 2.45) is 0 Å². The van der Waals surface area contributed by atoms with Crippen LogP contribution in [-0.2, 0) is 4.79 Å². The summed E-state index contributed by atoms with van der Waals surface area (Å²) in [5.74, 6) is -0.311. The molecule has 6 heteroatoms. The van der Waals surface area contributed by atoms with Crippen molar-refractivity contribution in [3.63, 3.8) is 0 Å². The summed E-state index contributed by atoms with van der Waals surface area (Å²) >= 11 is 0. The van der Waals surface area contributed by atoms with Crippen LogP contribution in [0.15, 0.2) is 42.5 Å². The summed E-state index contributed by atoms with van der Waals surface area (Å²) in [5.41, 5.74) is 5.89. The van der Waals surface area contributed by atoms with Crippen LogP contribution < -0.4 is 10.2 Å². The number of rotatable bonds is 3. The molecule has 1 fully saturated rings. The first kappa shape index (κ1) is 17.7. The Labute approximate surface area is 168 Å². The third-order valence-electron chi connectivity index (χ3n) is 5.73. The fraction of sp³-hybridized carbons (Fsp3) is 0.261. The molecule has 1 aromatic heterocycles. The number of carbonyl (C=O) groups is 2. The van der Waals surface area contributed by atoms with Crippen molar-refractivity contribution in [1.29, 1.82) is 0 Å². The number of benzene rings is 2. The highest BCUT2D eigenvalue weighted by Gasteiger charge is 2.35. The number of amides is 1. The van der Waals surface area contributed by atoms with Gasteiger partial charge in [-0.05, 0) is 37.5 Å². The number of carbonyl (C=O) groups excluding carboxylic acids is 2. The molecule has 1 aliphatic carbocycles. The number of hydrogen-bond donors (Lipinski definition) is 2. The molecule has 2 aliphatic rings. The molecule has 3 aromatic rings. The van der Waals surface area contributed by atoms with Crippen LogP contribution >= 0.6 is 0 Å². The minimum absolute atomic E-state index is 0.108. The van der Waals surface area contributed by atoms with Crippen molar-refractivity contribution >= 4 is 23.1 Å². The van der Waals surface area contributed by atoms with Crippen LogP contribution in [0.4, 0.5) is 11.4 Å². The van der Waals surface area contributed by atoms with Gasteiger partial charge in [0.05, 0.1) is 22.5 Å². The van der Waals surface area contributed by atoms with Gasteiger partial charge in [0, 0.05) is 36.8 Å². The molecule has 0 atom stereocenters. The van der Waals surface area contributed by atoms with Crippen molar-refractivity contribution < 1.29 is 9.59 Å². The number of nitrogens with zero attached hydrogens (tertiary/aromatic N) is 2. The van der Waals surface area contributed by atoms with E-state index in [0.717, 1.165) is 29.9 Å². The number of ketones is 1. The average molecular weight is 386 g/mol. The molecule has 1 saturated heterocycles. The Morgan fingerprint density at radius 1 is 1.03 bits per heavy atom. The van der Waals surface area contributed by atoms with E-state index in [1.54, 1.807) is 6.07 Å². The Morgan fingerprint density at radius 2 is 1.79 bits per heavy atom. The van der Waals surface area contributed by atoms with E-state index in [0.29, 0.717) is 22.5 Å². The van der Waals surface area contributed by atoms with Crippen molar-refractivity contribution in [1.82, 2.24) is 10.2 Å². The molecule has 1 amide bonds. The van der Waals surface area contributed by atoms with Crippen LogP contribution in [-0.4, -0.2) is 35.0 Å². The highest BCUT2D eigenvalue weighted by molar-refractivity contribution is 6.26. The normalized spacial score (nSPS) is 15.2. The summed E-state index contributed by atoms with van der Waals surface area (Å²) in [7, 11) is 0.